The van der Waals surface area contributed by atoms with Gasteiger partial charge in [0.25, 0.3) is 0 Å². The topological polar surface area (TPSA) is 74.6 Å². The van der Waals surface area contributed by atoms with Crippen molar-refractivity contribution in [1.29, 1.82) is 0 Å². The van der Waals surface area contributed by atoms with Gasteiger partial charge in [0.05, 0.1) is 0 Å². The maximum atomic E-state index is 11.0. The number of carboxylic acids is 2. The Balaban J connectivity index is -0.000000980. The van der Waals surface area contributed by atoms with Crippen molar-refractivity contribution in [3.05, 3.63) is 0 Å². The van der Waals surface area contributed by atoms with Gasteiger partial charge in [-0.15, -0.1) is 0 Å². The molecule has 0 amide bonds. The van der Waals surface area contributed by atoms with E-state index in [-0.39, 0.29) is 58.7 Å². The first-order valence-corrected chi connectivity index (χ1v) is 5.34. The molecule has 0 saturated carbocycles. The first kappa shape index (κ1) is 18.9. The number of carboxylic acid groups (broad SMARTS) is 2. The third-order valence-electron chi connectivity index (χ3n) is 3.11. The standard InChI is InChI=1S/C11H20O4.K.H/c1-4-5-6-7-8(2)11(3,9(12)13)10(14)15;;/h8H,4-7H2,1-3H3,(H,12,13)(H,14,15);;/q;+1;-1. The molecule has 0 spiro atoms. The van der Waals surface area contributed by atoms with Crippen LogP contribution >= 0.6 is 0 Å². The van der Waals surface area contributed by atoms with Gasteiger partial charge in [-0.3, -0.25) is 9.59 Å². The molecule has 0 rings (SSSR count). The Labute approximate surface area is 141 Å². The molecule has 0 aromatic heterocycles. The van der Waals surface area contributed by atoms with Crippen molar-refractivity contribution in [3.63, 3.8) is 0 Å². The molecule has 0 aliphatic heterocycles. The maximum absolute atomic E-state index is 11.0. The van der Waals surface area contributed by atoms with Crippen LogP contribution in [0.1, 0.15) is 47.9 Å². The number of hydrogen-bond acceptors (Lipinski definition) is 2. The summed E-state index contributed by atoms with van der Waals surface area (Å²) in [6.07, 6.45) is 3.58. The molecule has 2 N–H and O–H groups in total. The van der Waals surface area contributed by atoms with E-state index < -0.39 is 17.4 Å². The Morgan fingerprint density at radius 2 is 1.69 bits per heavy atom. The molecule has 4 nitrogen and oxygen atoms in total. The van der Waals surface area contributed by atoms with Gasteiger partial charge in [0, 0.05) is 0 Å². The van der Waals surface area contributed by atoms with Gasteiger partial charge in [-0.05, 0) is 19.3 Å². The first-order chi connectivity index (χ1) is 6.87. The zero-order chi connectivity index (χ0) is 12.1. The number of carbonyl (C=O) groups is 2. The van der Waals surface area contributed by atoms with E-state index in [1.165, 1.54) is 6.92 Å². The average molecular weight is 256 g/mol. The van der Waals surface area contributed by atoms with Crippen molar-refractivity contribution in [3.8, 4) is 0 Å². The Bertz CT molecular complexity index is 232. The summed E-state index contributed by atoms with van der Waals surface area (Å²) in [4.78, 5) is 21.9. The number of hydrogen-bond donors (Lipinski definition) is 2. The van der Waals surface area contributed by atoms with Crippen molar-refractivity contribution >= 4 is 11.9 Å². The summed E-state index contributed by atoms with van der Waals surface area (Å²) in [5.74, 6) is -2.85. The Morgan fingerprint density at radius 3 is 2.00 bits per heavy atom. The molecule has 0 bridgehead atoms. The fraction of sp³-hybridized carbons (Fsp3) is 0.818. The second kappa shape index (κ2) is 8.64. The van der Waals surface area contributed by atoms with Crippen molar-refractivity contribution in [2.45, 2.75) is 46.5 Å². The van der Waals surface area contributed by atoms with Crippen molar-refractivity contribution in [2.24, 2.45) is 11.3 Å². The number of unbranched alkanes of at least 4 members (excludes halogenated alkanes) is 2. The van der Waals surface area contributed by atoms with E-state index in [4.69, 9.17) is 10.2 Å². The van der Waals surface area contributed by atoms with Crippen molar-refractivity contribution in [1.82, 2.24) is 0 Å². The largest absolute Gasteiger partial charge is 1.00 e. The quantitative estimate of drug-likeness (QED) is 0.366. The summed E-state index contributed by atoms with van der Waals surface area (Å²) < 4.78 is 0. The van der Waals surface area contributed by atoms with Crippen LogP contribution in [0.3, 0.4) is 0 Å². The molecule has 0 aliphatic carbocycles. The van der Waals surface area contributed by atoms with Gasteiger partial charge in [-0.1, -0.05) is 33.1 Å². The molecule has 0 aromatic carbocycles. The molecule has 0 heterocycles. The molecule has 0 radical (unpaired) electrons. The molecular weight excluding hydrogens is 235 g/mol. The van der Waals surface area contributed by atoms with Crippen LogP contribution in [0.5, 0.6) is 0 Å². The van der Waals surface area contributed by atoms with E-state index in [0.717, 1.165) is 19.3 Å². The van der Waals surface area contributed by atoms with Gasteiger partial charge in [-0.2, -0.15) is 0 Å². The molecule has 1 unspecified atom stereocenters. The van der Waals surface area contributed by atoms with Crippen molar-refractivity contribution < 1.29 is 72.6 Å². The molecule has 16 heavy (non-hydrogen) atoms. The summed E-state index contributed by atoms with van der Waals surface area (Å²) in [6, 6.07) is 0. The van der Waals surface area contributed by atoms with Crippen LogP contribution in [0, 0.1) is 11.3 Å². The monoisotopic (exact) mass is 256 g/mol. The minimum Gasteiger partial charge on any atom is -1.00 e. The summed E-state index contributed by atoms with van der Waals surface area (Å²) in [7, 11) is 0. The third kappa shape index (κ3) is 4.83. The van der Waals surface area contributed by atoms with Crippen LogP contribution in [0.2, 0.25) is 0 Å². The molecule has 90 valence electrons. The van der Waals surface area contributed by atoms with E-state index >= 15 is 0 Å². The van der Waals surface area contributed by atoms with E-state index in [9.17, 15) is 9.59 Å². The van der Waals surface area contributed by atoms with Gasteiger partial charge in [0.1, 0.15) is 0 Å². The Morgan fingerprint density at radius 1 is 1.25 bits per heavy atom. The van der Waals surface area contributed by atoms with E-state index in [1.54, 1.807) is 6.92 Å². The first-order valence-electron chi connectivity index (χ1n) is 5.34. The fourth-order valence-corrected chi connectivity index (χ4v) is 1.50. The van der Waals surface area contributed by atoms with Crippen LogP contribution in [0.15, 0.2) is 0 Å². The molecule has 0 saturated heterocycles. The summed E-state index contributed by atoms with van der Waals surface area (Å²) >= 11 is 0. The zero-order valence-corrected chi connectivity index (χ0v) is 13.7. The minimum absolute atomic E-state index is 0. The summed E-state index contributed by atoms with van der Waals surface area (Å²) in [5, 5.41) is 17.9. The fourth-order valence-electron chi connectivity index (χ4n) is 1.50. The second-order valence-electron chi connectivity index (χ2n) is 4.21. The average Bonchev–Trinajstić information content (AvgIpc) is 2.15. The SMILES string of the molecule is CCCCCC(C)C(C)(C(=O)O)C(=O)O.[H-].[K+]. The predicted molar refractivity (Wildman–Crippen MR) is 57.8 cm³/mol. The van der Waals surface area contributed by atoms with Crippen molar-refractivity contribution in [2.75, 3.05) is 0 Å². The third-order valence-corrected chi connectivity index (χ3v) is 3.11. The zero-order valence-electron chi connectivity index (χ0n) is 11.6. The maximum Gasteiger partial charge on any atom is 1.00 e. The summed E-state index contributed by atoms with van der Waals surface area (Å²) in [5.41, 5.74) is -1.66. The van der Waals surface area contributed by atoms with Gasteiger partial charge in [0.2, 0.25) is 0 Å². The predicted octanol–water partition coefficient (Wildman–Crippen LogP) is -0.505. The molecule has 0 fully saturated rings. The van der Waals surface area contributed by atoms with Crippen LogP contribution in [-0.4, -0.2) is 22.2 Å². The van der Waals surface area contributed by atoms with Crippen LogP contribution in [-0.2, 0) is 9.59 Å². The smallest absolute Gasteiger partial charge is 1.00 e. The normalized spacial score (nSPS) is 12.7. The molecule has 1 atom stereocenters. The number of aliphatic carboxylic acids is 2. The van der Waals surface area contributed by atoms with Gasteiger partial charge in [0.15, 0.2) is 5.41 Å². The van der Waals surface area contributed by atoms with Gasteiger partial charge < -0.3 is 11.6 Å². The molecule has 5 heteroatoms. The molecule has 0 aliphatic rings. The van der Waals surface area contributed by atoms with Gasteiger partial charge in [-0.25, -0.2) is 0 Å². The van der Waals surface area contributed by atoms with E-state index in [1.807, 2.05) is 0 Å². The van der Waals surface area contributed by atoms with E-state index in [2.05, 4.69) is 6.92 Å². The van der Waals surface area contributed by atoms with Crippen LogP contribution in [0.25, 0.3) is 0 Å². The Kier molecular flexibility index (Phi) is 10.2. The van der Waals surface area contributed by atoms with E-state index in [0.29, 0.717) is 6.42 Å². The second-order valence-corrected chi connectivity index (χ2v) is 4.21. The minimum atomic E-state index is -1.66. The number of rotatable bonds is 7. The molecule has 0 aromatic rings. The van der Waals surface area contributed by atoms with Gasteiger partial charge >= 0.3 is 63.3 Å². The van der Waals surface area contributed by atoms with Crippen LogP contribution in [0.4, 0.5) is 0 Å². The molecular formula is C11H21KO4. The summed E-state index contributed by atoms with van der Waals surface area (Å²) in [6.45, 7) is 5.03. The van der Waals surface area contributed by atoms with Crippen LogP contribution < -0.4 is 51.4 Å². The Hall–Kier alpha value is 0.576.